The second-order valence-electron chi connectivity index (χ2n) is 6.22. The average molecular weight is 401 g/mol. The highest BCUT2D eigenvalue weighted by Gasteiger charge is 2.29. The molecule has 1 saturated carbocycles. The van der Waals surface area contributed by atoms with Crippen LogP contribution in [0.1, 0.15) is 49.4 Å². The second kappa shape index (κ2) is 7.26. The van der Waals surface area contributed by atoms with Gasteiger partial charge >= 0.3 is 6.18 Å². The van der Waals surface area contributed by atoms with E-state index in [-0.39, 0.29) is 16.8 Å². The Bertz CT molecular complexity index is 891. The summed E-state index contributed by atoms with van der Waals surface area (Å²) < 4.78 is 50.8. The minimum atomic E-state index is -4.58. The molecule has 0 spiro atoms. The molecule has 0 saturated heterocycles. The molecule has 1 aromatic carbocycles. The summed E-state index contributed by atoms with van der Waals surface area (Å²) in [6.45, 7) is -0.140. The number of anilines is 1. The number of thiazole rings is 1. The Kier molecular flexibility index (Phi) is 5.18. The number of nitrogens with one attached hydrogen (secondary N) is 2. The molecule has 5 nitrogen and oxygen atoms in total. The minimum Gasteiger partial charge on any atom is -0.343 e. The van der Waals surface area contributed by atoms with Crippen LogP contribution >= 0.6 is 11.3 Å². The van der Waals surface area contributed by atoms with E-state index < -0.39 is 30.4 Å². The maximum Gasteiger partial charge on any atom is 0.405 e. The fourth-order valence-electron chi connectivity index (χ4n) is 2.32. The Labute approximate surface area is 155 Å². The highest BCUT2D eigenvalue weighted by molar-refractivity contribution is 7.13. The van der Waals surface area contributed by atoms with Crippen LogP contribution in [-0.4, -0.2) is 29.5 Å². The van der Waals surface area contributed by atoms with Crippen LogP contribution in [0.25, 0.3) is 0 Å². The van der Waals surface area contributed by atoms with E-state index in [1.54, 1.807) is 5.32 Å². The number of carbonyl (C=O) groups excluding carboxylic acids is 2. The first-order valence-corrected chi connectivity index (χ1v) is 8.88. The zero-order valence-corrected chi connectivity index (χ0v) is 14.9. The summed E-state index contributed by atoms with van der Waals surface area (Å²) >= 11 is 1.24. The van der Waals surface area contributed by atoms with Gasteiger partial charge in [-0.15, -0.1) is 11.3 Å². The molecule has 1 aliphatic rings. The largest absolute Gasteiger partial charge is 0.405 e. The Morgan fingerprint density at radius 2 is 1.96 bits per heavy atom. The van der Waals surface area contributed by atoms with Crippen LogP contribution in [0.3, 0.4) is 0 Å². The first-order valence-electron chi connectivity index (χ1n) is 8.06. The van der Waals surface area contributed by atoms with Crippen molar-refractivity contribution in [3.8, 4) is 0 Å². The zero-order chi connectivity index (χ0) is 19.8. The zero-order valence-electron chi connectivity index (χ0n) is 14.1. The van der Waals surface area contributed by atoms with Gasteiger partial charge in [-0.25, -0.2) is 9.37 Å². The molecule has 1 fully saturated rings. The molecule has 144 valence electrons. The number of nitrogens with zero attached hydrogens (tertiary/aromatic N) is 1. The number of amides is 2. The monoisotopic (exact) mass is 401 g/mol. The van der Waals surface area contributed by atoms with Crippen molar-refractivity contribution in [2.24, 2.45) is 0 Å². The third-order valence-corrected chi connectivity index (χ3v) is 5.14. The summed E-state index contributed by atoms with van der Waals surface area (Å²) in [6, 6.07) is 1.97. The van der Waals surface area contributed by atoms with Crippen molar-refractivity contribution >= 4 is 28.8 Å². The summed E-state index contributed by atoms with van der Waals surface area (Å²) in [6.07, 6.45) is -1.08. The van der Waals surface area contributed by atoms with Crippen LogP contribution in [-0.2, 0) is 0 Å². The predicted octanol–water partition coefficient (Wildman–Crippen LogP) is 4.01. The van der Waals surface area contributed by atoms with Crippen molar-refractivity contribution < 1.29 is 27.2 Å². The summed E-state index contributed by atoms with van der Waals surface area (Å²) in [7, 11) is 0. The molecule has 3 rings (SSSR count). The second-order valence-corrected chi connectivity index (χ2v) is 7.28. The van der Waals surface area contributed by atoms with Crippen molar-refractivity contribution in [1.82, 2.24) is 10.3 Å². The maximum atomic E-state index is 14.1. The number of hydrogen-bond donors (Lipinski definition) is 2. The van der Waals surface area contributed by atoms with E-state index in [9.17, 15) is 27.2 Å². The highest BCUT2D eigenvalue weighted by atomic mass is 32.1. The molecule has 27 heavy (non-hydrogen) atoms. The van der Waals surface area contributed by atoms with Gasteiger partial charge in [-0.3, -0.25) is 9.59 Å². The number of aromatic nitrogens is 1. The Morgan fingerprint density at radius 3 is 2.59 bits per heavy atom. The standard InChI is InChI=1S/C17H15F4N3O2S/c1-8-11(18)4-10(14(25)23-7-17(19,20)21)5-12(8)24-15(26)13-6-22-16(27-13)9-2-3-9/h4-6,9H,2-3,7H2,1H3,(H,23,25)(H,24,26). The Balaban J connectivity index is 1.76. The van der Waals surface area contributed by atoms with Crippen molar-refractivity contribution in [1.29, 1.82) is 0 Å². The number of hydrogen-bond acceptors (Lipinski definition) is 4. The van der Waals surface area contributed by atoms with Crippen molar-refractivity contribution in [2.75, 3.05) is 11.9 Å². The molecule has 1 aromatic heterocycles. The lowest BCUT2D eigenvalue weighted by Crippen LogP contribution is -2.33. The van der Waals surface area contributed by atoms with Gasteiger partial charge in [0.05, 0.1) is 11.2 Å². The van der Waals surface area contributed by atoms with Gasteiger partial charge in [-0.05, 0) is 31.9 Å². The first-order chi connectivity index (χ1) is 12.6. The first kappa shape index (κ1) is 19.3. The molecule has 2 N–H and O–H groups in total. The number of halogens is 4. The fourth-order valence-corrected chi connectivity index (χ4v) is 3.30. The summed E-state index contributed by atoms with van der Waals surface area (Å²) in [4.78, 5) is 28.7. The summed E-state index contributed by atoms with van der Waals surface area (Å²) in [5, 5.41) is 5.03. The molecule has 0 unspecified atom stereocenters. The van der Waals surface area contributed by atoms with Crippen LogP contribution in [0.5, 0.6) is 0 Å². The number of carbonyl (C=O) groups is 2. The highest BCUT2D eigenvalue weighted by Crippen LogP contribution is 2.41. The normalized spacial score (nSPS) is 14.1. The number of alkyl halides is 3. The van der Waals surface area contributed by atoms with Gasteiger partial charge in [-0.1, -0.05) is 0 Å². The quantitative estimate of drug-likeness (QED) is 0.744. The summed E-state index contributed by atoms with van der Waals surface area (Å²) in [5.74, 6) is -2.03. The van der Waals surface area contributed by atoms with Gasteiger partial charge in [0.15, 0.2) is 0 Å². The smallest absolute Gasteiger partial charge is 0.343 e. The lowest BCUT2D eigenvalue weighted by Gasteiger charge is -2.12. The van der Waals surface area contributed by atoms with E-state index in [0.717, 1.165) is 30.0 Å². The van der Waals surface area contributed by atoms with Crippen molar-refractivity contribution in [3.05, 3.63) is 45.2 Å². The minimum absolute atomic E-state index is 0.0125. The molecule has 0 aliphatic heterocycles. The van der Waals surface area contributed by atoms with Crippen LogP contribution in [0.4, 0.5) is 23.2 Å². The van der Waals surface area contributed by atoms with Crippen LogP contribution in [0.15, 0.2) is 18.3 Å². The lowest BCUT2D eigenvalue weighted by molar-refractivity contribution is -0.123. The van der Waals surface area contributed by atoms with Gasteiger partial charge in [-0.2, -0.15) is 13.2 Å². The third-order valence-electron chi connectivity index (χ3n) is 3.98. The predicted molar refractivity (Wildman–Crippen MR) is 91.6 cm³/mol. The Morgan fingerprint density at radius 1 is 1.26 bits per heavy atom. The van der Waals surface area contributed by atoms with Crippen LogP contribution in [0.2, 0.25) is 0 Å². The summed E-state index contributed by atoms with van der Waals surface area (Å²) in [5.41, 5.74) is -0.234. The number of rotatable bonds is 5. The molecular weight excluding hydrogens is 386 g/mol. The van der Waals surface area contributed by atoms with E-state index >= 15 is 0 Å². The van der Waals surface area contributed by atoms with Gasteiger partial charge in [0.1, 0.15) is 17.2 Å². The van der Waals surface area contributed by atoms with Crippen LogP contribution in [0, 0.1) is 12.7 Å². The molecule has 0 radical (unpaired) electrons. The molecule has 1 heterocycles. The van der Waals surface area contributed by atoms with Gasteiger partial charge in [0, 0.05) is 22.7 Å². The third kappa shape index (κ3) is 4.82. The van der Waals surface area contributed by atoms with Gasteiger partial charge < -0.3 is 10.6 Å². The molecule has 10 heteroatoms. The molecule has 2 aromatic rings. The topological polar surface area (TPSA) is 71.1 Å². The maximum absolute atomic E-state index is 14.1. The SMILES string of the molecule is Cc1c(F)cc(C(=O)NCC(F)(F)F)cc1NC(=O)c1cnc(C2CC2)s1. The Hall–Kier alpha value is -2.49. The molecular formula is C17H15F4N3O2S. The lowest BCUT2D eigenvalue weighted by atomic mass is 10.1. The van der Waals surface area contributed by atoms with E-state index in [4.69, 9.17) is 0 Å². The number of benzene rings is 1. The van der Waals surface area contributed by atoms with Crippen LogP contribution < -0.4 is 10.6 Å². The fraction of sp³-hybridized carbons (Fsp3) is 0.353. The van der Waals surface area contributed by atoms with Gasteiger partial charge in [0.2, 0.25) is 0 Å². The molecule has 0 bridgehead atoms. The molecule has 1 aliphatic carbocycles. The van der Waals surface area contributed by atoms with E-state index in [1.165, 1.54) is 24.5 Å². The molecule has 2 amide bonds. The van der Waals surface area contributed by atoms with E-state index in [0.29, 0.717) is 10.8 Å². The average Bonchev–Trinajstić information content (AvgIpc) is 3.32. The van der Waals surface area contributed by atoms with Gasteiger partial charge in [0.25, 0.3) is 11.8 Å². The van der Waals surface area contributed by atoms with E-state index in [2.05, 4.69) is 10.3 Å². The van der Waals surface area contributed by atoms with E-state index in [1.807, 2.05) is 0 Å². The van der Waals surface area contributed by atoms with Crippen molar-refractivity contribution in [3.63, 3.8) is 0 Å². The van der Waals surface area contributed by atoms with Crippen molar-refractivity contribution in [2.45, 2.75) is 31.9 Å². The molecule has 0 atom stereocenters.